The monoisotopic (exact) mass is 240 g/mol. The lowest BCUT2D eigenvalue weighted by molar-refractivity contribution is -0.526. The third-order valence-electron chi connectivity index (χ3n) is 1.56. The lowest BCUT2D eigenvalue weighted by Gasteiger charge is -2.09. The van der Waals surface area contributed by atoms with Crippen molar-refractivity contribution in [3.63, 3.8) is 0 Å². The van der Waals surface area contributed by atoms with E-state index in [0.717, 1.165) is 0 Å². The molecular weight excluding hydrogens is 236 g/mol. The zero-order valence-corrected chi connectivity index (χ0v) is 8.06. The van der Waals surface area contributed by atoms with Crippen LogP contribution in [0.5, 0.6) is 0 Å². The number of alkyl halides is 1. The maximum Gasteiger partial charge on any atom is 0.383 e. The molecule has 0 radical (unpaired) electrons. The van der Waals surface area contributed by atoms with Crippen LogP contribution in [0.2, 0.25) is 0 Å². The van der Waals surface area contributed by atoms with Crippen molar-refractivity contribution in [1.29, 1.82) is 5.26 Å². The predicted octanol–water partition coefficient (Wildman–Crippen LogP) is 2.03. The highest BCUT2D eigenvalue weighted by Crippen LogP contribution is 2.30. The second-order valence-electron chi connectivity index (χ2n) is 2.36. The van der Waals surface area contributed by atoms with E-state index in [-0.39, 0.29) is 0 Å². The molecule has 1 atom stereocenters. The van der Waals surface area contributed by atoms with E-state index < -0.39 is 9.37 Å². The lowest BCUT2D eigenvalue weighted by Crippen LogP contribution is -2.26. The molecule has 4 nitrogen and oxygen atoms in total. The van der Waals surface area contributed by atoms with Crippen LogP contribution < -0.4 is 0 Å². The average molecular weight is 241 g/mol. The van der Waals surface area contributed by atoms with E-state index in [1.165, 1.54) is 12.1 Å². The average Bonchev–Trinajstić information content (AvgIpc) is 2.17. The topological polar surface area (TPSA) is 66.9 Å². The number of hydrogen-bond donors (Lipinski definition) is 0. The maximum absolute atomic E-state index is 10.6. The molecule has 0 aromatic heterocycles. The van der Waals surface area contributed by atoms with Gasteiger partial charge in [-0.1, -0.05) is 18.2 Å². The normalized spacial score (nSPS) is 14.2. The smallest absolute Gasteiger partial charge is 0.262 e. The van der Waals surface area contributed by atoms with Gasteiger partial charge in [0.2, 0.25) is 0 Å². The molecule has 0 bridgehead atoms. The molecule has 0 saturated carbocycles. The van der Waals surface area contributed by atoms with Crippen molar-refractivity contribution in [3.8, 4) is 6.07 Å². The standard InChI is InChI=1S/C8H5BrN2O2/c9-8(6-10,11(12)13)7-4-2-1-3-5-7/h1-5H. The fourth-order valence-corrected chi connectivity index (χ4v) is 1.13. The van der Waals surface area contributed by atoms with Gasteiger partial charge in [0.25, 0.3) is 0 Å². The van der Waals surface area contributed by atoms with E-state index >= 15 is 0 Å². The lowest BCUT2D eigenvalue weighted by atomic mass is 10.1. The van der Waals surface area contributed by atoms with Gasteiger partial charge in [-0.2, -0.15) is 5.26 Å². The van der Waals surface area contributed by atoms with Crippen LogP contribution in [-0.4, -0.2) is 4.92 Å². The van der Waals surface area contributed by atoms with Crippen LogP contribution in [0.3, 0.4) is 0 Å². The highest BCUT2D eigenvalue weighted by Gasteiger charge is 2.42. The second-order valence-corrected chi connectivity index (χ2v) is 3.50. The molecule has 0 aliphatic carbocycles. The summed E-state index contributed by atoms with van der Waals surface area (Å²) >= 11 is 2.80. The molecule has 5 heteroatoms. The van der Waals surface area contributed by atoms with Crippen molar-refractivity contribution in [3.05, 3.63) is 46.0 Å². The van der Waals surface area contributed by atoms with Gasteiger partial charge < -0.3 is 0 Å². The molecule has 1 aromatic carbocycles. The van der Waals surface area contributed by atoms with E-state index in [4.69, 9.17) is 5.26 Å². The van der Waals surface area contributed by atoms with Crippen molar-refractivity contribution in [2.75, 3.05) is 0 Å². The summed E-state index contributed by atoms with van der Waals surface area (Å²) in [6, 6.07) is 9.69. The summed E-state index contributed by atoms with van der Waals surface area (Å²) in [6.07, 6.45) is 0. The summed E-state index contributed by atoms with van der Waals surface area (Å²) < 4.78 is -1.83. The van der Waals surface area contributed by atoms with Gasteiger partial charge in [-0.3, -0.25) is 10.1 Å². The molecule has 13 heavy (non-hydrogen) atoms. The van der Waals surface area contributed by atoms with Gasteiger partial charge in [-0.15, -0.1) is 0 Å². The van der Waals surface area contributed by atoms with E-state index in [9.17, 15) is 10.1 Å². The van der Waals surface area contributed by atoms with Crippen LogP contribution in [0.1, 0.15) is 5.56 Å². The first-order valence-electron chi connectivity index (χ1n) is 3.41. The molecular formula is C8H5BrN2O2. The predicted molar refractivity (Wildman–Crippen MR) is 49.7 cm³/mol. The molecule has 0 spiro atoms. The molecule has 66 valence electrons. The van der Waals surface area contributed by atoms with E-state index in [1.54, 1.807) is 24.3 Å². The van der Waals surface area contributed by atoms with Crippen LogP contribution in [0.4, 0.5) is 0 Å². The Kier molecular flexibility index (Phi) is 2.63. The summed E-state index contributed by atoms with van der Waals surface area (Å²) in [5, 5.41) is 19.3. The molecule has 0 fully saturated rings. The summed E-state index contributed by atoms with van der Waals surface area (Å²) in [5.41, 5.74) is 0.322. The number of nitriles is 1. The van der Waals surface area contributed by atoms with Crippen molar-refractivity contribution < 1.29 is 4.92 Å². The summed E-state index contributed by atoms with van der Waals surface area (Å²) in [7, 11) is 0. The highest BCUT2D eigenvalue weighted by molar-refractivity contribution is 9.09. The van der Waals surface area contributed by atoms with E-state index in [1.807, 2.05) is 0 Å². The Labute approximate surface area is 83.1 Å². The Hall–Kier alpha value is -1.41. The van der Waals surface area contributed by atoms with Gasteiger partial charge in [0.15, 0.2) is 6.07 Å². The first-order valence-corrected chi connectivity index (χ1v) is 4.21. The molecule has 0 aliphatic heterocycles. The summed E-state index contributed by atoms with van der Waals surface area (Å²) in [5.74, 6) is 0. The molecule has 1 aromatic rings. The Balaban J connectivity index is 3.21. The van der Waals surface area contributed by atoms with Crippen LogP contribution >= 0.6 is 15.9 Å². The number of hydrogen-bond acceptors (Lipinski definition) is 3. The number of rotatable bonds is 2. The van der Waals surface area contributed by atoms with Crippen LogP contribution in [0, 0.1) is 21.4 Å². The van der Waals surface area contributed by atoms with E-state index in [0.29, 0.717) is 5.56 Å². The van der Waals surface area contributed by atoms with Crippen molar-refractivity contribution in [2.24, 2.45) is 0 Å². The molecule has 1 unspecified atom stereocenters. The minimum absolute atomic E-state index is 0.322. The van der Waals surface area contributed by atoms with Crippen LogP contribution in [0.15, 0.2) is 30.3 Å². The first-order chi connectivity index (χ1) is 6.11. The van der Waals surface area contributed by atoms with E-state index in [2.05, 4.69) is 15.9 Å². The van der Waals surface area contributed by atoms with Gasteiger partial charge in [-0.05, 0) is 12.1 Å². The largest absolute Gasteiger partial charge is 0.383 e. The minimum atomic E-state index is -1.83. The Morgan fingerprint density at radius 1 is 1.46 bits per heavy atom. The molecule has 0 amide bonds. The number of nitrogens with zero attached hydrogens (tertiary/aromatic N) is 2. The zero-order valence-electron chi connectivity index (χ0n) is 6.48. The van der Waals surface area contributed by atoms with Crippen molar-refractivity contribution >= 4 is 15.9 Å². The van der Waals surface area contributed by atoms with Gasteiger partial charge in [-0.25, -0.2) is 0 Å². The van der Waals surface area contributed by atoms with Crippen molar-refractivity contribution in [1.82, 2.24) is 0 Å². The Morgan fingerprint density at radius 3 is 2.38 bits per heavy atom. The van der Waals surface area contributed by atoms with Gasteiger partial charge >= 0.3 is 4.45 Å². The number of halogens is 1. The Morgan fingerprint density at radius 2 is 2.00 bits per heavy atom. The zero-order chi connectivity index (χ0) is 9.90. The number of nitro groups is 1. The minimum Gasteiger partial charge on any atom is -0.262 e. The summed E-state index contributed by atoms with van der Waals surface area (Å²) in [6.45, 7) is 0. The quantitative estimate of drug-likeness (QED) is 0.344. The first kappa shape index (κ1) is 9.68. The van der Waals surface area contributed by atoms with Gasteiger partial charge in [0, 0.05) is 15.9 Å². The second kappa shape index (κ2) is 3.54. The summed E-state index contributed by atoms with van der Waals surface area (Å²) in [4.78, 5) is 9.92. The molecule has 0 N–H and O–H groups in total. The van der Waals surface area contributed by atoms with Crippen LogP contribution in [0.25, 0.3) is 0 Å². The maximum atomic E-state index is 10.6. The van der Waals surface area contributed by atoms with Gasteiger partial charge in [0.05, 0.1) is 10.5 Å². The van der Waals surface area contributed by atoms with Crippen molar-refractivity contribution in [2.45, 2.75) is 4.45 Å². The molecule has 1 rings (SSSR count). The molecule has 0 heterocycles. The van der Waals surface area contributed by atoms with Crippen LogP contribution in [-0.2, 0) is 4.45 Å². The number of benzene rings is 1. The fraction of sp³-hybridized carbons (Fsp3) is 0.125. The fourth-order valence-electron chi connectivity index (χ4n) is 0.870. The van der Waals surface area contributed by atoms with Gasteiger partial charge in [0.1, 0.15) is 0 Å². The SMILES string of the molecule is N#CC(Br)(c1ccccc1)[N+](=O)[O-]. The molecule has 0 aliphatic rings. The third kappa shape index (κ3) is 1.68. The molecule has 0 saturated heterocycles. The third-order valence-corrected chi connectivity index (χ3v) is 2.48. The highest BCUT2D eigenvalue weighted by atomic mass is 79.9. The Bertz CT molecular complexity index is 360.